The predicted molar refractivity (Wildman–Crippen MR) is 75.0 cm³/mol. The summed E-state index contributed by atoms with van der Waals surface area (Å²) in [5.41, 5.74) is 1.70. The molecule has 0 aromatic heterocycles. The van der Waals surface area contributed by atoms with Crippen molar-refractivity contribution >= 4 is 83.3 Å². The van der Waals surface area contributed by atoms with Crippen molar-refractivity contribution in [3.63, 3.8) is 0 Å². The Hall–Kier alpha value is 1.69. The summed E-state index contributed by atoms with van der Waals surface area (Å²) in [6.07, 6.45) is 0. The van der Waals surface area contributed by atoms with E-state index in [1.54, 1.807) is 6.07 Å². The normalized spacial score (nSPS) is 10.5. The van der Waals surface area contributed by atoms with E-state index in [2.05, 4.69) is 4.52 Å². The van der Waals surface area contributed by atoms with Crippen molar-refractivity contribution in [2.24, 2.45) is 0 Å². The Balaban J connectivity index is 0. The third kappa shape index (κ3) is 7.76. The minimum atomic E-state index is -4.47. The molecule has 0 atom stereocenters. The number of benzene rings is 1. The molecule has 1 aromatic carbocycles. The number of hydrogen-bond donors (Lipinski definition) is 2. The van der Waals surface area contributed by atoms with E-state index in [1.165, 1.54) is 0 Å². The molecule has 0 saturated carbocycles. The number of rotatable bonds is 3. The van der Waals surface area contributed by atoms with Crippen LogP contribution < -0.4 is 4.52 Å². The van der Waals surface area contributed by atoms with E-state index in [1.807, 2.05) is 32.9 Å². The number of aryl methyl sites for hydroxylation is 1. The second-order valence-electron chi connectivity index (χ2n) is 3.78. The summed E-state index contributed by atoms with van der Waals surface area (Å²) in [6.45, 7) is 5.73. The van der Waals surface area contributed by atoms with Crippen LogP contribution in [0, 0.1) is 6.92 Å². The molecular formula is C10H19Ca2O4P. The van der Waals surface area contributed by atoms with E-state index in [9.17, 15) is 4.57 Å². The number of phosphoric acid groups is 1. The maximum atomic E-state index is 10.8. The van der Waals surface area contributed by atoms with Crippen molar-refractivity contribution in [3.05, 3.63) is 29.3 Å². The van der Waals surface area contributed by atoms with Crippen LogP contribution in [0.4, 0.5) is 0 Å². The van der Waals surface area contributed by atoms with Crippen LogP contribution in [0.3, 0.4) is 0 Å². The fourth-order valence-corrected chi connectivity index (χ4v) is 1.74. The summed E-state index contributed by atoms with van der Waals surface area (Å²) < 4.78 is 15.4. The van der Waals surface area contributed by atoms with Crippen LogP contribution in [-0.2, 0) is 4.57 Å². The Kier molecular flexibility index (Phi) is 10.8. The molecule has 92 valence electrons. The average molecular weight is 314 g/mol. The standard InChI is InChI=1S/C10H15O4P.2Ca.4H/c1-7(2)9-5-4-8(3)6-10(9)14-15(11,12)13;;;;;;/h4-7H,1-3H3,(H2,11,12,13);;;;;;. The Labute approximate surface area is 161 Å². The molecule has 0 aliphatic carbocycles. The van der Waals surface area contributed by atoms with E-state index in [4.69, 9.17) is 9.79 Å². The molecular weight excluding hydrogens is 295 g/mol. The van der Waals surface area contributed by atoms with Gasteiger partial charge in [-0.05, 0) is 30.0 Å². The van der Waals surface area contributed by atoms with Gasteiger partial charge in [0.15, 0.2) is 0 Å². The van der Waals surface area contributed by atoms with E-state index in [0.29, 0.717) is 0 Å². The van der Waals surface area contributed by atoms with Crippen LogP contribution in [0.25, 0.3) is 0 Å². The second-order valence-corrected chi connectivity index (χ2v) is 4.94. The van der Waals surface area contributed by atoms with Crippen molar-refractivity contribution in [2.45, 2.75) is 26.7 Å². The molecule has 0 unspecified atom stereocenters. The van der Waals surface area contributed by atoms with Gasteiger partial charge >= 0.3 is 83.3 Å². The Bertz CT molecular complexity index is 403. The zero-order valence-electron chi connectivity index (χ0n) is 8.97. The topological polar surface area (TPSA) is 66.8 Å². The molecule has 2 N–H and O–H groups in total. The van der Waals surface area contributed by atoms with Crippen LogP contribution in [0.2, 0.25) is 0 Å². The molecule has 0 amide bonds. The summed E-state index contributed by atoms with van der Waals surface area (Å²) >= 11 is 0. The monoisotopic (exact) mass is 314 g/mol. The summed E-state index contributed by atoms with van der Waals surface area (Å²) in [4.78, 5) is 17.5. The molecule has 0 spiro atoms. The van der Waals surface area contributed by atoms with Gasteiger partial charge in [0.1, 0.15) is 5.75 Å². The van der Waals surface area contributed by atoms with Gasteiger partial charge in [0, 0.05) is 0 Å². The zero-order valence-corrected chi connectivity index (χ0v) is 9.86. The SMILES string of the molecule is Cc1ccc(C(C)C)c(OP(=O)(O)O)c1.[CaH2].[CaH2]. The Morgan fingerprint density at radius 3 is 2.18 bits per heavy atom. The van der Waals surface area contributed by atoms with Gasteiger partial charge in [-0.25, -0.2) is 4.57 Å². The van der Waals surface area contributed by atoms with Gasteiger partial charge in [-0.3, -0.25) is 9.79 Å². The molecule has 7 heteroatoms. The summed E-state index contributed by atoms with van der Waals surface area (Å²) in [6, 6.07) is 5.35. The van der Waals surface area contributed by atoms with Gasteiger partial charge in [-0.1, -0.05) is 26.0 Å². The van der Waals surface area contributed by atoms with Gasteiger partial charge < -0.3 is 4.52 Å². The third-order valence-corrected chi connectivity index (χ3v) is 2.44. The minimum absolute atomic E-state index is 0. The summed E-state index contributed by atoms with van der Waals surface area (Å²) in [5, 5.41) is 0. The first kappa shape index (κ1) is 21.0. The molecule has 1 rings (SSSR count). The van der Waals surface area contributed by atoms with Gasteiger partial charge in [0.05, 0.1) is 0 Å². The Morgan fingerprint density at radius 2 is 1.76 bits per heavy atom. The van der Waals surface area contributed by atoms with E-state index in [-0.39, 0.29) is 87.1 Å². The van der Waals surface area contributed by atoms with Crippen LogP contribution in [-0.4, -0.2) is 85.3 Å². The summed E-state index contributed by atoms with van der Waals surface area (Å²) in [7, 11) is -4.47. The average Bonchev–Trinajstić information content (AvgIpc) is 1.99. The molecule has 0 fully saturated rings. The van der Waals surface area contributed by atoms with Crippen molar-refractivity contribution in [3.8, 4) is 5.75 Å². The fraction of sp³-hybridized carbons (Fsp3) is 0.400. The van der Waals surface area contributed by atoms with E-state index in [0.717, 1.165) is 11.1 Å². The van der Waals surface area contributed by atoms with Crippen LogP contribution in [0.5, 0.6) is 5.75 Å². The molecule has 0 radical (unpaired) electrons. The molecule has 1 aromatic rings. The molecule has 0 aliphatic rings. The van der Waals surface area contributed by atoms with Crippen molar-refractivity contribution in [1.82, 2.24) is 0 Å². The van der Waals surface area contributed by atoms with Crippen molar-refractivity contribution < 1.29 is 18.9 Å². The van der Waals surface area contributed by atoms with Crippen molar-refractivity contribution in [2.75, 3.05) is 0 Å². The van der Waals surface area contributed by atoms with E-state index < -0.39 is 7.82 Å². The molecule has 0 bridgehead atoms. The van der Waals surface area contributed by atoms with Crippen molar-refractivity contribution in [1.29, 1.82) is 0 Å². The van der Waals surface area contributed by atoms with Gasteiger partial charge in [-0.15, -0.1) is 0 Å². The molecule has 0 heterocycles. The third-order valence-electron chi connectivity index (χ3n) is 2.01. The van der Waals surface area contributed by atoms with Crippen LogP contribution in [0.15, 0.2) is 18.2 Å². The zero-order chi connectivity index (χ0) is 11.6. The fourth-order valence-electron chi connectivity index (χ4n) is 1.33. The van der Waals surface area contributed by atoms with Crippen LogP contribution in [0.1, 0.15) is 30.9 Å². The number of phosphoric ester groups is 1. The van der Waals surface area contributed by atoms with Gasteiger partial charge in [0.25, 0.3) is 0 Å². The Morgan fingerprint density at radius 1 is 1.24 bits per heavy atom. The maximum absolute atomic E-state index is 10.8. The van der Waals surface area contributed by atoms with Gasteiger partial charge in [-0.2, -0.15) is 0 Å². The first-order valence-electron chi connectivity index (χ1n) is 4.65. The molecule has 0 saturated heterocycles. The van der Waals surface area contributed by atoms with E-state index >= 15 is 0 Å². The molecule has 4 nitrogen and oxygen atoms in total. The quantitative estimate of drug-likeness (QED) is 0.638. The first-order chi connectivity index (χ1) is 6.79. The number of hydrogen-bond acceptors (Lipinski definition) is 2. The molecule has 17 heavy (non-hydrogen) atoms. The predicted octanol–water partition coefficient (Wildman–Crippen LogP) is 0.758. The molecule has 0 aliphatic heterocycles. The summed E-state index contributed by atoms with van der Waals surface area (Å²) in [5.74, 6) is 0.422. The first-order valence-corrected chi connectivity index (χ1v) is 6.18. The van der Waals surface area contributed by atoms with Gasteiger partial charge in [0.2, 0.25) is 0 Å². The van der Waals surface area contributed by atoms with Crippen LogP contribution >= 0.6 is 7.82 Å². The second kappa shape index (κ2) is 8.78.